The Labute approximate surface area is 192 Å². The first-order valence-electron chi connectivity index (χ1n) is 11.1. The number of rotatable bonds is 6. The highest BCUT2D eigenvalue weighted by molar-refractivity contribution is 5.95. The van der Waals surface area contributed by atoms with Gasteiger partial charge in [-0.05, 0) is 37.5 Å². The number of fused-ring (bicyclic) bond motifs is 1. The van der Waals surface area contributed by atoms with E-state index in [4.69, 9.17) is 4.74 Å². The lowest BCUT2D eigenvalue weighted by molar-refractivity contribution is 0.178. The fourth-order valence-electron chi connectivity index (χ4n) is 4.19. The van der Waals surface area contributed by atoms with Gasteiger partial charge in [-0.1, -0.05) is 49.4 Å². The van der Waals surface area contributed by atoms with Crippen LogP contribution in [0.5, 0.6) is 0 Å². The van der Waals surface area contributed by atoms with Crippen LogP contribution in [0.15, 0.2) is 54.7 Å². The van der Waals surface area contributed by atoms with Gasteiger partial charge in [0.15, 0.2) is 0 Å². The van der Waals surface area contributed by atoms with Crippen molar-refractivity contribution in [1.82, 2.24) is 19.9 Å². The lowest BCUT2D eigenvalue weighted by Crippen LogP contribution is -2.34. The maximum absolute atomic E-state index is 12.2. The van der Waals surface area contributed by atoms with Crippen molar-refractivity contribution >= 4 is 28.9 Å². The second-order valence-electron chi connectivity index (χ2n) is 8.25. The van der Waals surface area contributed by atoms with Crippen LogP contribution < -0.4 is 10.2 Å². The Kier molecular flexibility index (Phi) is 5.42. The number of H-pyrrole nitrogens is 1. The fraction of sp³-hybridized carbons (Fsp3) is 0.280. The predicted octanol–water partition coefficient (Wildman–Crippen LogP) is 5.24. The van der Waals surface area contributed by atoms with Gasteiger partial charge in [-0.2, -0.15) is 15.0 Å². The molecule has 0 aliphatic carbocycles. The van der Waals surface area contributed by atoms with Gasteiger partial charge in [-0.3, -0.25) is 0 Å². The Morgan fingerprint density at radius 3 is 2.79 bits per heavy atom. The maximum atomic E-state index is 12.2. The maximum Gasteiger partial charge on any atom is 0.417 e. The molecule has 1 amide bonds. The highest BCUT2D eigenvalue weighted by Gasteiger charge is 2.35. The predicted molar refractivity (Wildman–Crippen MR) is 128 cm³/mol. The Hall–Kier alpha value is -3.94. The molecule has 168 valence electrons. The van der Waals surface area contributed by atoms with Crippen molar-refractivity contribution in [3.05, 3.63) is 66.1 Å². The average Bonchev–Trinajstić information content (AvgIpc) is 3.41. The molecule has 8 nitrogen and oxygen atoms in total. The average molecular weight is 443 g/mol. The molecular weight excluding hydrogens is 416 g/mol. The van der Waals surface area contributed by atoms with Crippen molar-refractivity contribution in [2.75, 3.05) is 16.8 Å². The number of benzene rings is 2. The number of hydrogen-bond acceptors (Lipinski definition) is 6. The third-order valence-corrected chi connectivity index (χ3v) is 6.02. The largest absolute Gasteiger partial charge is 0.447 e. The summed E-state index contributed by atoms with van der Waals surface area (Å²) in [6.07, 6.45) is 2.39. The number of aromatic amines is 1. The second-order valence-corrected chi connectivity index (χ2v) is 8.25. The van der Waals surface area contributed by atoms with Crippen LogP contribution in [-0.2, 0) is 4.74 Å². The fourth-order valence-corrected chi connectivity index (χ4v) is 4.19. The van der Waals surface area contributed by atoms with Gasteiger partial charge in [-0.25, -0.2) is 9.69 Å². The highest BCUT2D eigenvalue weighted by Crippen LogP contribution is 2.31. The molecule has 1 saturated heterocycles. The molecule has 2 aromatic carbocycles. The van der Waals surface area contributed by atoms with E-state index < -0.39 is 6.09 Å². The molecule has 0 radical (unpaired) electrons. The van der Waals surface area contributed by atoms with Gasteiger partial charge in [0.05, 0.1) is 12.1 Å². The summed E-state index contributed by atoms with van der Waals surface area (Å²) in [5.41, 5.74) is 4.52. The van der Waals surface area contributed by atoms with Gasteiger partial charge in [0.2, 0.25) is 11.9 Å². The zero-order valence-corrected chi connectivity index (χ0v) is 18.9. The van der Waals surface area contributed by atoms with Crippen molar-refractivity contribution in [2.45, 2.75) is 39.3 Å². The van der Waals surface area contributed by atoms with E-state index >= 15 is 0 Å². The normalized spacial score (nSPS) is 16.8. The third-order valence-electron chi connectivity index (χ3n) is 6.02. The molecule has 2 aromatic heterocycles. The zero-order chi connectivity index (χ0) is 22.9. The van der Waals surface area contributed by atoms with E-state index in [9.17, 15) is 4.79 Å². The van der Waals surface area contributed by atoms with E-state index in [1.54, 1.807) is 6.92 Å². The molecule has 2 N–H and O–H groups in total. The topological polar surface area (TPSA) is 96.0 Å². The molecule has 5 rings (SSSR count). The number of aryl methyl sites for hydroxylation is 1. The van der Waals surface area contributed by atoms with Gasteiger partial charge >= 0.3 is 6.09 Å². The van der Waals surface area contributed by atoms with Crippen LogP contribution in [0.25, 0.3) is 22.0 Å². The molecule has 0 bridgehead atoms. The first kappa shape index (κ1) is 20.9. The number of ether oxygens (including phenoxy) is 1. The van der Waals surface area contributed by atoms with Gasteiger partial charge in [0.1, 0.15) is 12.4 Å². The minimum atomic E-state index is -0.419. The minimum absolute atomic E-state index is 0.0555. The van der Waals surface area contributed by atoms with Crippen LogP contribution in [0.4, 0.5) is 16.7 Å². The summed E-state index contributed by atoms with van der Waals surface area (Å²) >= 11 is 0. The number of anilines is 2. The SMILES string of the molecule is CCC1COC(=O)N1c1nc(C)nc(N[C@@H](C)c2ccc3c(-c4ccccc4)c[nH]c3c2)n1. The van der Waals surface area contributed by atoms with Crippen molar-refractivity contribution in [1.29, 1.82) is 0 Å². The number of hydrogen-bond donors (Lipinski definition) is 2. The molecule has 33 heavy (non-hydrogen) atoms. The van der Waals surface area contributed by atoms with E-state index in [0.717, 1.165) is 17.5 Å². The van der Waals surface area contributed by atoms with Gasteiger partial charge in [0, 0.05) is 22.7 Å². The molecule has 0 spiro atoms. The molecule has 1 fully saturated rings. The first-order valence-corrected chi connectivity index (χ1v) is 11.1. The summed E-state index contributed by atoms with van der Waals surface area (Å²) in [6, 6.07) is 16.6. The molecule has 0 saturated carbocycles. The molecule has 1 aliphatic rings. The quantitative estimate of drug-likeness (QED) is 0.424. The Bertz CT molecular complexity index is 1300. The molecule has 1 aliphatic heterocycles. The number of amides is 1. The van der Waals surface area contributed by atoms with E-state index in [0.29, 0.717) is 24.3 Å². The van der Waals surface area contributed by atoms with Crippen LogP contribution in [0, 0.1) is 6.92 Å². The Morgan fingerprint density at radius 1 is 1.18 bits per heavy atom. The number of nitrogens with one attached hydrogen (secondary N) is 2. The second kappa shape index (κ2) is 8.54. The molecule has 8 heteroatoms. The van der Waals surface area contributed by atoms with Gasteiger partial charge < -0.3 is 15.0 Å². The molecule has 3 heterocycles. The van der Waals surface area contributed by atoms with E-state index in [-0.39, 0.29) is 12.1 Å². The van der Waals surface area contributed by atoms with E-state index in [2.05, 4.69) is 62.5 Å². The van der Waals surface area contributed by atoms with Crippen LogP contribution in [0.1, 0.15) is 37.7 Å². The summed E-state index contributed by atoms with van der Waals surface area (Å²) in [6.45, 7) is 6.20. The number of aromatic nitrogens is 4. The molecule has 4 aromatic rings. The lowest BCUT2D eigenvalue weighted by Gasteiger charge is -2.20. The van der Waals surface area contributed by atoms with Crippen molar-refractivity contribution in [3.8, 4) is 11.1 Å². The summed E-state index contributed by atoms with van der Waals surface area (Å²) in [5, 5.41) is 4.53. The highest BCUT2D eigenvalue weighted by atomic mass is 16.6. The van der Waals surface area contributed by atoms with Crippen molar-refractivity contribution in [2.24, 2.45) is 0 Å². The lowest BCUT2D eigenvalue weighted by atomic mass is 10.0. The van der Waals surface area contributed by atoms with E-state index in [1.807, 2.05) is 31.3 Å². The standard InChI is InChI=1S/C25H26N6O2/c1-4-19-14-33-25(32)31(19)24-29-16(3)28-23(30-24)27-15(2)18-10-11-20-21(13-26-22(20)12-18)17-8-6-5-7-9-17/h5-13,15,19,26H,4,14H2,1-3H3,(H,27,28,29,30)/t15-,19?/m0/s1. The third kappa shape index (κ3) is 4.00. The van der Waals surface area contributed by atoms with Gasteiger partial charge in [-0.15, -0.1) is 0 Å². The van der Waals surface area contributed by atoms with Gasteiger partial charge in [0.25, 0.3) is 0 Å². The number of carbonyl (C=O) groups excluding carboxylic acids is 1. The molecular formula is C25H26N6O2. The van der Waals surface area contributed by atoms with Crippen LogP contribution >= 0.6 is 0 Å². The van der Waals surface area contributed by atoms with Crippen molar-refractivity contribution < 1.29 is 9.53 Å². The van der Waals surface area contributed by atoms with Crippen LogP contribution in [0.3, 0.4) is 0 Å². The minimum Gasteiger partial charge on any atom is -0.447 e. The van der Waals surface area contributed by atoms with Crippen molar-refractivity contribution in [3.63, 3.8) is 0 Å². The van der Waals surface area contributed by atoms with Crippen LogP contribution in [0.2, 0.25) is 0 Å². The summed E-state index contributed by atoms with van der Waals surface area (Å²) in [7, 11) is 0. The molecule has 2 atom stereocenters. The monoisotopic (exact) mass is 442 g/mol. The zero-order valence-electron chi connectivity index (χ0n) is 18.9. The summed E-state index contributed by atoms with van der Waals surface area (Å²) < 4.78 is 5.19. The van der Waals surface area contributed by atoms with Crippen LogP contribution in [-0.4, -0.2) is 38.7 Å². The number of nitrogens with zero attached hydrogens (tertiary/aromatic N) is 4. The number of carbonyl (C=O) groups is 1. The first-order chi connectivity index (χ1) is 16.0. The smallest absolute Gasteiger partial charge is 0.417 e. The molecule has 1 unspecified atom stereocenters. The number of cyclic esters (lactones) is 1. The Balaban J connectivity index is 1.40. The summed E-state index contributed by atoms with van der Waals surface area (Å²) in [5.74, 6) is 1.28. The Morgan fingerprint density at radius 2 is 2.00 bits per heavy atom. The van der Waals surface area contributed by atoms with E-state index in [1.165, 1.54) is 21.4 Å². The summed E-state index contributed by atoms with van der Waals surface area (Å²) in [4.78, 5) is 30.5.